The number of aromatic hydroxyl groups is 1. The van der Waals surface area contributed by atoms with E-state index >= 15 is 0 Å². The van der Waals surface area contributed by atoms with Gasteiger partial charge in [0.2, 0.25) is 0 Å². The molecule has 0 fully saturated rings. The number of hydrogen-bond donors (Lipinski definition) is 3. The molecule has 0 amide bonds. The molecule has 2 aromatic rings. The number of nitrogen functional groups attached to an aromatic ring is 2. The predicted octanol–water partition coefficient (Wildman–Crippen LogP) is 1.53. The standard InChI is InChI=1S/C9H9N3O.ClH/c10-6-4-7(11)9(13)8-5(6)2-1-3-12-8;/h1-4,13H,10-11H2;1H. The van der Waals surface area contributed by atoms with Crippen LogP contribution in [0.1, 0.15) is 0 Å². The van der Waals surface area contributed by atoms with Crippen LogP contribution >= 0.6 is 12.4 Å². The zero-order valence-electron chi connectivity index (χ0n) is 7.27. The number of nitrogens with two attached hydrogens (primary N) is 2. The molecule has 0 radical (unpaired) electrons. The Morgan fingerprint density at radius 3 is 2.64 bits per heavy atom. The number of anilines is 2. The summed E-state index contributed by atoms with van der Waals surface area (Å²) in [5, 5.41) is 10.3. The van der Waals surface area contributed by atoms with Crippen molar-refractivity contribution in [2.75, 3.05) is 11.5 Å². The zero-order chi connectivity index (χ0) is 9.42. The maximum absolute atomic E-state index is 9.54. The van der Waals surface area contributed by atoms with Crippen LogP contribution in [-0.4, -0.2) is 10.1 Å². The highest BCUT2D eigenvalue weighted by Crippen LogP contribution is 2.32. The number of halogens is 1. The van der Waals surface area contributed by atoms with Crippen molar-refractivity contribution < 1.29 is 5.11 Å². The molecule has 0 aliphatic heterocycles. The van der Waals surface area contributed by atoms with Crippen LogP contribution in [0, 0.1) is 0 Å². The van der Waals surface area contributed by atoms with E-state index in [1.807, 2.05) is 0 Å². The monoisotopic (exact) mass is 211 g/mol. The van der Waals surface area contributed by atoms with Crippen LogP contribution in [0.25, 0.3) is 10.9 Å². The number of phenolic OH excluding ortho intramolecular Hbond substituents is 1. The second-order valence-corrected chi connectivity index (χ2v) is 2.80. The predicted molar refractivity (Wildman–Crippen MR) is 59.5 cm³/mol. The molecule has 1 heterocycles. The summed E-state index contributed by atoms with van der Waals surface area (Å²) in [7, 11) is 0. The summed E-state index contributed by atoms with van der Waals surface area (Å²) >= 11 is 0. The number of aromatic nitrogens is 1. The zero-order valence-corrected chi connectivity index (χ0v) is 8.08. The SMILES string of the molecule is Cl.Nc1cc(N)c2cccnc2c1O. The maximum atomic E-state index is 9.54. The summed E-state index contributed by atoms with van der Waals surface area (Å²) in [4.78, 5) is 3.99. The fraction of sp³-hybridized carbons (Fsp3) is 0. The van der Waals surface area contributed by atoms with Crippen LogP contribution in [0.15, 0.2) is 24.4 Å². The summed E-state index contributed by atoms with van der Waals surface area (Å²) in [5.41, 5.74) is 12.4. The number of rotatable bonds is 0. The van der Waals surface area contributed by atoms with Crippen molar-refractivity contribution in [1.29, 1.82) is 0 Å². The van der Waals surface area contributed by atoms with Crippen LogP contribution in [0.3, 0.4) is 0 Å². The van der Waals surface area contributed by atoms with Crippen LogP contribution in [0.4, 0.5) is 11.4 Å². The van der Waals surface area contributed by atoms with Crippen LogP contribution < -0.4 is 11.5 Å². The van der Waals surface area contributed by atoms with Crippen molar-refractivity contribution in [3.8, 4) is 5.75 Å². The lowest BCUT2D eigenvalue weighted by Crippen LogP contribution is -1.93. The quantitative estimate of drug-likeness (QED) is 0.351. The van der Waals surface area contributed by atoms with Gasteiger partial charge in [-0.25, -0.2) is 0 Å². The van der Waals surface area contributed by atoms with Crippen molar-refractivity contribution in [3.05, 3.63) is 24.4 Å². The van der Waals surface area contributed by atoms with Gasteiger partial charge in [0.1, 0.15) is 5.52 Å². The lowest BCUT2D eigenvalue weighted by Gasteiger charge is -2.05. The van der Waals surface area contributed by atoms with Gasteiger partial charge in [-0.2, -0.15) is 0 Å². The number of fused-ring (bicyclic) bond motifs is 1. The van der Waals surface area contributed by atoms with E-state index in [1.165, 1.54) is 6.07 Å². The molecule has 1 aromatic carbocycles. The molecule has 0 unspecified atom stereocenters. The Kier molecular flexibility index (Phi) is 2.67. The van der Waals surface area contributed by atoms with Crippen LogP contribution in [0.5, 0.6) is 5.75 Å². The van der Waals surface area contributed by atoms with Gasteiger partial charge in [-0.1, -0.05) is 0 Å². The summed E-state index contributed by atoms with van der Waals surface area (Å²) < 4.78 is 0. The molecular formula is C9H10ClN3O. The molecule has 0 aliphatic rings. The molecule has 2 rings (SSSR count). The highest BCUT2D eigenvalue weighted by Gasteiger charge is 2.07. The van der Waals surface area contributed by atoms with Crippen molar-refractivity contribution in [2.24, 2.45) is 0 Å². The molecule has 0 saturated heterocycles. The van der Waals surface area contributed by atoms with Crippen LogP contribution in [0.2, 0.25) is 0 Å². The van der Waals surface area contributed by atoms with Crippen LogP contribution in [-0.2, 0) is 0 Å². The lowest BCUT2D eigenvalue weighted by molar-refractivity contribution is 0.483. The number of hydrogen-bond acceptors (Lipinski definition) is 4. The van der Waals surface area contributed by atoms with Gasteiger partial charge in [-0.3, -0.25) is 4.98 Å². The van der Waals surface area contributed by atoms with Gasteiger partial charge < -0.3 is 16.6 Å². The molecule has 5 heteroatoms. The summed E-state index contributed by atoms with van der Waals surface area (Å²) in [6, 6.07) is 5.07. The van der Waals surface area contributed by atoms with E-state index in [0.29, 0.717) is 16.6 Å². The maximum Gasteiger partial charge on any atom is 0.165 e. The molecule has 0 saturated carbocycles. The Hall–Kier alpha value is -1.68. The molecule has 4 nitrogen and oxygen atoms in total. The molecule has 5 N–H and O–H groups in total. The number of pyridine rings is 1. The van der Waals surface area contributed by atoms with Crippen molar-refractivity contribution in [2.45, 2.75) is 0 Å². The number of nitrogens with zero attached hydrogens (tertiary/aromatic N) is 1. The Morgan fingerprint density at radius 2 is 1.93 bits per heavy atom. The third-order valence-corrected chi connectivity index (χ3v) is 1.93. The van der Waals surface area contributed by atoms with Crippen molar-refractivity contribution in [3.63, 3.8) is 0 Å². The highest BCUT2D eigenvalue weighted by molar-refractivity contribution is 5.98. The molecule has 0 atom stereocenters. The molecule has 0 spiro atoms. The second kappa shape index (κ2) is 3.59. The summed E-state index contributed by atoms with van der Waals surface area (Å²) in [5.74, 6) is -0.00944. The van der Waals surface area contributed by atoms with E-state index in [0.717, 1.165) is 0 Å². The second-order valence-electron chi connectivity index (χ2n) is 2.80. The molecule has 14 heavy (non-hydrogen) atoms. The van der Waals surface area contributed by atoms with E-state index < -0.39 is 0 Å². The van der Waals surface area contributed by atoms with Gasteiger partial charge in [0.05, 0.1) is 5.69 Å². The highest BCUT2D eigenvalue weighted by atomic mass is 35.5. The first-order valence-electron chi connectivity index (χ1n) is 3.82. The fourth-order valence-corrected chi connectivity index (χ4v) is 1.28. The first-order valence-corrected chi connectivity index (χ1v) is 3.82. The Bertz CT molecular complexity index is 473. The van der Waals surface area contributed by atoms with E-state index in [2.05, 4.69) is 4.98 Å². The van der Waals surface area contributed by atoms with E-state index in [9.17, 15) is 5.11 Å². The lowest BCUT2D eigenvalue weighted by atomic mass is 10.1. The largest absolute Gasteiger partial charge is 0.504 e. The number of phenols is 1. The van der Waals surface area contributed by atoms with Crippen molar-refractivity contribution in [1.82, 2.24) is 4.98 Å². The fourth-order valence-electron chi connectivity index (χ4n) is 1.28. The smallest absolute Gasteiger partial charge is 0.165 e. The van der Waals surface area contributed by atoms with Gasteiger partial charge in [-0.15, -0.1) is 12.4 Å². The van der Waals surface area contributed by atoms with Crippen molar-refractivity contribution >= 4 is 34.7 Å². The van der Waals surface area contributed by atoms with Gasteiger partial charge in [0.15, 0.2) is 5.75 Å². The average Bonchev–Trinajstić information content (AvgIpc) is 2.15. The third-order valence-electron chi connectivity index (χ3n) is 1.93. The minimum Gasteiger partial charge on any atom is -0.504 e. The Labute approximate surface area is 87.0 Å². The molecular weight excluding hydrogens is 202 g/mol. The summed E-state index contributed by atoms with van der Waals surface area (Å²) in [6.45, 7) is 0. The first kappa shape index (κ1) is 10.4. The van der Waals surface area contributed by atoms with E-state index in [4.69, 9.17) is 11.5 Å². The topological polar surface area (TPSA) is 85.2 Å². The normalized spacial score (nSPS) is 9.71. The summed E-state index contributed by atoms with van der Waals surface area (Å²) in [6.07, 6.45) is 1.58. The minimum atomic E-state index is -0.00944. The molecule has 1 aromatic heterocycles. The van der Waals surface area contributed by atoms with Gasteiger partial charge >= 0.3 is 0 Å². The Balaban J connectivity index is 0.000000980. The average molecular weight is 212 g/mol. The van der Waals surface area contributed by atoms with E-state index in [1.54, 1.807) is 18.3 Å². The third kappa shape index (κ3) is 1.40. The van der Waals surface area contributed by atoms with Gasteiger partial charge in [0.25, 0.3) is 0 Å². The van der Waals surface area contributed by atoms with E-state index in [-0.39, 0.29) is 23.8 Å². The molecule has 74 valence electrons. The minimum absolute atomic E-state index is 0. The molecule has 0 aliphatic carbocycles. The Morgan fingerprint density at radius 1 is 1.21 bits per heavy atom. The van der Waals surface area contributed by atoms with Gasteiger partial charge in [0, 0.05) is 17.3 Å². The molecule has 0 bridgehead atoms. The van der Waals surface area contributed by atoms with Gasteiger partial charge in [-0.05, 0) is 18.2 Å². The first-order chi connectivity index (χ1) is 6.20. The number of benzene rings is 1.